The number of hydrogen-bond donors (Lipinski definition) is 2. The number of nitrogens with one attached hydrogen (secondary N) is 1. The summed E-state index contributed by atoms with van der Waals surface area (Å²) in [7, 11) is 0. The van der Waals surface area contributed by atoms with E-state index in [1.165, 1.54) is 6.42 Å². The van der Waals surface area contributed by atoms with E-state index in [9.17, 15) is 9.59 Å². The van der Waals surface area contributed by atoms with Crippen molar-refractivity contribution >= 4 is 11.9 Å². The molecule has 0 aromatic rings. The first-order valence-corrected chi connectivity index (χ1v) is 7.58. The Hall–Kier alpha value is -1.14. The van der Waals surface area contributed by atoms with Crippen LogP contribution in [0, 0.1) is 5.92 Å². The number of carbonyl (C=O) groups excluding carboxylic acids is 1. The van der Waals surface area contributed by atoms with Crippen molar-refractivity contribution < 1.29 is 14.7 Å². The molecule has 2 rings (SSSR count). The first kappa shape index (κ1) is 15.3. The van der Waals surface area contributed by atoms with Gasteiger partial charge >= 0.3 is 5.97 Å². The van der Waals surface area contributed by atoms with Gasteiger partial charge in [0, 0.05) is 39.1 Å². The molecular weight excluding hydrogens is 258 g/mol. The molecule has 6 heteroatoms. The summed E-state index contributed by atoms with van der Waals surface area (Å²) < 4.78 is 0. The van der Waals surface area contributed by atoms with Crippen molar-refractivity contribution in [2.24, 2.45) is 5.92 Å². The zero-order valence-electron chi connectivity index (χ0n) is 12.0. The highest BCUT2D eigenvalue weighted by atomic mass is 16.4. The zero-order chi connectivity index (χ0) is 14.4. The van der Waals surface area contributed by atoms with Crippen LogP contribution in [0.3, 0.4) is 0 Å². The number of piperazine rings is 1. The lowest BCUT2D eigenvalue weighted by Crippen LogP contribution is -2.49. The Labute approximate surface area is 120 Å². The molecule has 0 radical (unpaired) electrons. The van der Waals surface area contributed by atoms with Crippen LogP contribution < -0.4 is 5.32 Å². The van der Waals surface area contributed by atoms with Crippen LogP contribution in [0.4, 0.5) is 0 Å². The third-order valence-electron chi connectivity index (χ3n) is 4.30. The molecule has 1 unspecified atom stereocenters. The molecule has 1 amide bonds. The van der Waals surface area contributed by atoms with Gasteiger partial charge in [-0.15, -0.1) is 0 Å². The molecule has 0 saturated carbocycles. The Morgan fingerprint density at radius 2 is 1.90 bits per heavy atom. The van der Waals surface area contributed by atoms with Crippen molar-refractivity contribution in [3.8, 4) is 0 Å². The van der Waals surface area contributed by atoms with Gasteiger partial charge < -0.3 is 15.3 Å². The molecule has 2 fully saturated rings. The number of carbonyl (C=O) groups is 2. The van der Waals surface area contributed by atoms with E-state index in [-0.39, 0.29) is 12.3 Å². The summed E-state index contributed by atoms with van der Waals surface area (Å²) in [6, 6.07) is 0. The second kappa shape index (κ2) is 7.59. The quantitative estimate of drug-likeness (QED) is 0.717. The molecule has 6 nitrogen and oxygen atoms in total. The summed E-state index contributed by atoms with van der Waals surface area (Å²) >= 11 is 0. The van der Waals surface area contributed by atoms with Crippen molar-refractivity contribution in [1.29, 1.82) is 0 Å². The number of amides is 1. The van der Waals surface area contributed by atoms with Gasteiger partial charge in [0.25, 0.3) is 0 Å². The largest absolute Gasteiger partial charge is 0.481 e. The number of hydrogen-bond acceptors (Lipinski definition) is 4. The maximum atomic E-state index is 12.1. The second-order valence-electron chi connectivity index (χ2n) is 5.76. The summed E-state index contributed by atoms with van der Waals surface area (Å²) in [6.07, 6.45) is 3.02. The fraction of sp³-hybridized carbons (Fsp3) is 0.857. The highest BCUT2D eigenvalue weighted by Crippen LogP contribution is 2.15. The van der Waals surface area contributed by atoms with E-state index < -0.39 is 5.97 Å². The Balaban J connectivity index is 1.62. The molecule has 2 aliphatic rings. The molecule has 2 heterocycles. The lowest BCUT2D eigenvalue weighted by atomic mass is 10.0. The molecular formula is C14H25N3O3. The number of carboxylic acid groups (broad SMARTS) is 1. The summed E-state index contributed by atoms with van der Waals surface area (Å²) in [5.41, 5.74) is 0. The van der Waals surface area contributed by atoms with Crippen LogP contribution in [0.15, 0.2) is 0 Å². The van der Waals surface area contributed by atoms with Gasteiger partial charge in [-0.3, -0.25) is 14.5 Å². The van der Waals surface area contributed by atoms with E-state index in [1.54, 1.807) is 0 Å². The minimum absolute atomic E-state index is 0.183. The summed E-state index contributed by atoms with van der Waals surface area (Å²) in [5.74, 6) is 0.166. The standard InChI is InChI=1S/C14H25N3O3/c18-13(2-1-12-3-5-15-11-12)17-9-7-16(8-10-17)6-4-14(19)20/h12,15H,1-11H2,(H,19,20). The fourth-order valence-electron chi connectivity index (χ4n) is 2.92. The Morgan fingerprint density at radius 1 is 1.15 bits per heavy atom. The van der Waals surface area contributed by atoms with Crippen molar-refractivity contribution in [1.82, 2.24) is 15.1 Å². The van der Waals surface area contributed by atoms with Crippen molar-refractivity contribution in [2.75, 3.05) is 45.8 Å². The molecule has 20 heavy (non-hydrogen) atoms. The van der Waals surface area contributed by atoms with Crippen LogP contribution in [0.5, 0.6) is 0 Å². The minimum Gasteiger partial charge on any atom is -0.481 e. The van der Waals surface area contributed by atoms with Gasteiger partial charge in [0.05, 0.1) is 6.42 Å². The van der Waals surface area contributed by atoms with E-state index in [0.717, 1.165) is 45.7 Å². The minimum atomic E-state index is -0.756. The summed E-state index contributed by atoms with van der Waals surface area (Å²) in [5, 5.41) is 12.0. The third-order valence-corrected chi connectivity index (χ3v) is 4.30. The van der Waals surface area contributed by atoms with Crippen molar-refractivity contribution in [3.63, 3.8) is 0 Å². The average molecular weight is 283 g/mol. The molecule has 0 aromatic heterocycles. The maximum absolute atomic E-state index is 12.1. The maximum Gasteiger partial charge on any atom is 0.304 e. The van der Waals surface area contributed by atoms with E-state index in [1.807, 2.05) is 4.90 Å². The van der Waals surface area contributed by atoms with Crippen LogP contribution >= 0.6 is 0 Å². The highest BCUT2D eigenvalue weighted by molar-refractivity contribution is 5.76. The van der Waals surface area contributed by atoms with Crippen molar-refractivity contribution in [3.05, 3.63) is 0 Å². The van der Waals surface area contributed by atoms with Gasteiger partial charge in [-0.1, -0.05) is 0 Å². The number of rotatable bonds is 6. The van der Waals surface area contributed by atoms with Gasteiger partial charge in [-0.25, -0.2) is 0 Å². The predicted octanol–water partition coefficient (Wildman–Crippen LogP) is -0.00500. The van der Waals surface area contributed by atoms with Crippen LogP contribution in [-0.4, -0.2) is 72.6 Å². The topological polar surface area (TPSA) is 72.9 Å². The molecule has 0 spiro atoms. The molecule has 0 bridgehead atoms. The highest BCUT2D eigenvalue weighted by Gasteiger charge is 2.22. The smallest absolute Gasteiger partial charge is 0.304 e. The number of aliphatic carboxylic acids is 1. The summed E-state index contributed by atoms with van der Waals surface area (Å²) in [6.45, 7) is 5.79. The van der Waals surface area contributed by atoms with Gasteiger partial charge in [0.15, 0.2) is 0 Å². The molecule has 2 saturated heterocycles. The van der Waals surface area contributed by atoms with Crippen LogP contribution in [0.1, 0.15) is 25.7 Å². The van der Waals surface area contributed by atoms with E-state index in [2.05, 4.69) is 10.2 Å². The number of nitrogens with zero attached hydrogens (tertiary/aromatic N) is 2. The molecule has 0 aromatic carbocycles. The normalized spacial score (nSPS) is 24.0. The van der Waals surface area contributed by atoms with E-state index in [0.29, 0.717) is 18.9 Å². The summed E-state index contributed by atoms with van der Waals surface area (Å²) in [4.78, 5) is 26.7. The molecule has 0 aliphatic carbocycles. The SMILES string of the molecule is O=C(O)CCN1CCN(C(=O)CCC2CCNC2)CC1. The number of carboxylic acids is 1. The van der Waals surface area contributed by atoms with E-state index >= 15 is 0 Å². The first-order chi connectivity index (χ1) is 9.65. The second-order valence-corrected chi connectivity index (χ2v) is 5.76. The Kier molecular flexibility index (Phi) is 5.79. The third kappa shape index (κ3) is 4.76. The zero-order valence-corrected chi connectivity index (χ0v) is 12.0. The predicted molar refractivity (Wildman–Crippen MR) is 75.5 cm³/mol. The van der Waals surface area contributed by atoms with Crippen LogP contribution in [-0.2, 0) is 9.59 Å². The molecule has 2 aliphatic heterocycles. The Bertz CT molecular complexity index is 335. The molecule has 1 atom stereocenters. The van der Waals surface area contributed by atoms with Gasteiger partial charge in [0.2, 0.25) is 5.91 Å². The van der Waals surface area contributed by atoms with Crippen molar-refractivity contribution in [2.45, 2.75) is 25.7 Å². The average Bonchev–Trinajstić information content (AvgIpc) is 2.96. The lowest BCUT2D eigenvalue weighted by Gasteiger charge is -2.34. The van der Waals surface area contributed by atoms with Gasteiger partial charge in [-0.05, 0) is 31.8 Å². The van der Waals surface area contributed by atoms with Gasteiger partial charge in [-0.2, -0.15) is 0 Å². The fourth-order valence-corrected chi connectivity index (χ4v) is 2.92. The monoisotopic (exact) mass is 283 g/mol. The lowest BCUT2D eigenvalue weighted by molar-refractivity contribution is -0.138. The first-order valence-electron chi connectivity index (χ1n) is 7.58. The van der Waals surface area contributed by atoms with E-state index in [4.69, 9.17) is 5.11 Å². The van der Waals surface area contributed by atoms with Crippen LogP contribution in [0.25, 0.3) is 0 Å². The Morgan fingerprint density at radius 3 is 2.50 bits per heavy atom. The van der Waals surface area contributed by atoms with Gasteiger partial charge in [0.1, 0.15) is 0 Å². The molecule has 114 valence electrons. The van der Waals surface area contributed by atoms with Crippen LogP contribution in [0.2, 0.25) is 0 Å². The molecule has 2 N–H and O–H groups in total.